The first-order valence-electron chi connectivity index (χ1n) is 18.0. The summed E-state index contributed by atoms with van der Waals surface area (Å²) < 4.78 is 0. The van der Waals surface area contributed by atoms with Gasteiger partial charge in [0.2, 0.25) is 47.6 Å². The molecule has 0 bridgehead atoms. The summed E-state index contributed by atoms with van der Waals surface area (Å²) in [6.07, 6.45) is 3.68. The minimum atomic E-state index is -1.58. The number of aromatic nitrogens is 2. The number of nitrogens with two attached hydrogens (primary N) is 2. The molecule has 1 heterocycles. The number of benzene rings is 1. The van der Waals surface area contributed by atoms with E-state index in [1.54, 1.807) is 44.2 Å². The van der Waals surface area contributed by atoms with Crippen LogP contribution in [0.15, 0.2) is 42.9 Å². The van der Waals surface area contributed by atoms with Crippen LogP contribution in [0.4, 0.5) is 0 Å². The summed E-state index contributed by atoms with van der Waals surface area (Å²) in [5.74, 6) is -6.55. The van der Waals surface area contributed by atoms with Crippen LogP contribution in [0.1, 0.15) is 51.8 Å². The highest BCUT2D eigenvalue weighted by molar-refractivity contribution is 5.97. The summed E-state index contributed by atoms with van der Waals surface area (Å²) in [7, 11) is 0. The molecule has 0 aliphatic heterocycles. The summed E-state index contributed by atoms with van der Waals surface area (Å²) in [5, 5.41) is 33.9. The van der Waals surface area contributed by atoms with Crippen molar-refractivity contribution in [3.63, 3.8) is 0 Å². The minimum Gasteiger partial charge on any atom is -0.394 e. The first-order valence-corrected chi connectivity index (χ1v) is 18.0. The van der Waals surface area contributed by atoms with Gasteiger partial charge < -0.3 is 58.6 Å². The zero-order valence-corrected chi connectivity index (χ0v) is 31.7. The number of nitrogens with one attached hydrogen (secondary N) is 7. The first kappa shape index (κ1) is 46.4. The Bertz CT molecular complexity index is 1620. The number of nitrogens with zero attached hydrogens (tertiary/aromatic N) is 1. The molecule has 7 atom stereocenters. The van der Waals surface area contributed by atoms with Crippen molar-refractivity contribution >= 4 is 47.6 Å². The van der Waals surface area contributed by atoms with E-state index in [-0.39, 0.29) is 25.2 Å². The molecule has 0 unspecified atom stereocenters. The van der Waals surface area contributed by atoms with E-state index in [2.05, 4.69) is 41.9 Å². The Hall–Kier alpha value is -5.73. The fourth-order valence-electron chi connectivity index (χ4n) is 5.34. The van der Waals surface area contributed by atoms with Gasteiger partial charge >= 0.3 is 0 Å². The lowest BCUT2D eigenvalue weighted by Gasteiger charge is -2.29. The molecule has 2 aromatic rings. The molecule has 0 saturated heterocycles. The highest BCUT2D eigenvalue weighted by Gasteiger charge is 2.35. The number of carbonyl (C=O) groups is 7. The third-order valence-electron chi connectivity index (χ3n) is 8.32. The summed E-state index contributed by atoms with van der Waals surface area (Å²) in [4.78, 5) is 109. The Kier molecular flexibility index (Phi) is 19.3. The van der Waals surface area contributed by atoms with Gasteiger partial charge in [-0.15, -0.1) is 0 Å². The van der Waals surface area contributed by atoms with Gasteiger partial charge in [0.1, 0.15) is 36.3 Å². The third-order valence-corrected chi connectivity index (χ3v) is 8.32. The predicted octanol–water partition coefficient (Wildman–Crippen LogP) is -3.90. The van der Waals surface area contributed by atoms with Crippen molar-refractivity contribution in [2.75, 3.05) is 13.2 Å². The van der Waals surface area contributed by atoms with Crippen LogP contribution in [0.3, 0.4) is 0 Å². The standard InChI is InChI=1S/C36H53N10O10/c1-19(2)10-25(43-32(52)26(11-21-8-6-5-7-9-21)42-31(51)24(37)13-29(38)50)34(54)46-30(20(3)4)36(56)44-27(12-22-14-39-18-40-22)33(53)45-28(17-49)35(55)41-23(15-47)16-48/h5-9,14,18-20,23-28,30,47,49H,10-13,15,17,37H2,1-4H3,(H2,38,50)(H,39,40)(H,41,55)(H,42,51)(H,43,52)(H,44,56)(H,45,53)(H,46,54)/t23-,24-,25-,26-,27-,28-,30-/m0/s1. The van der Waals surface area contributed by atoms with E-state index >= 15 is 0 Å². The molecule has 20 heteroatoms. The normalized spacial score (nSPS) is 14.9. The van der Waals surface area contributed by atoms with E-state index in [4.69, 9.17) is 11.5 Å². The van der Waals surface area contributed by atoms with Crippen LogP contribution in [0, 0.1) is 11.8 Å². The number of primary amides is 1. The molecule has 13 N–H and O–H groups in total. The minimum absolute atomic E-state index is 0.00451. The summed E-state index contributed by atoms with van der Waals surface area (Å²) >= 11 is 0. The largest absolute Gasteiger partial charge is 0.394 e. The molecular weight excluding hydrogens is 732 g/mol. The van der Waals surface area contributed by atoms with Crippen molar-refractivity contribution in [2.45, 2.75) is 95.7 Å². The van der Waals surface area contributed by atoms with Crippen molar-refractivity contribution in [1.82, 2.24) is 41.9 Å². The molecule has 2 rings (SSSR count). The summed E-state index contributed by atoms with van der Waals surface area (Å²) in [6, 6.07) is -0.701. The van der Waals surface area contributed by atoms with Gasteiger partial charge in [0.05, 0.1) is 37.7 Å². The highest BCUT2D eigenvalue weighted by Crippen LogP contribution is 2.11. The van der Waals surface area contributed by atoms with E-state index in [1.165, 1.54) is 18.8 Å². The van der Waals surface area contributed by atoms with Gasteiger partial charge in [-0.3, -0.25) is 38.4 Å². The van der Waals surface area contributed by atoms with Crippen LogP contribution in [0.25, 0.3) is 0 Å². The lowest BCUT2D eigenvalue weighted by atomic mass is 9.98. The monoisotopic (exact) mass is 785 g/mol. The van der Waals surface area contributed by atoms with Gasteiger partial charge in [0, 0.05) is 19.0 Å². The lowest BCUT2D eigenvalue weighted by Crippen LogP contribution is -2.61. The molecule has 1 aromatic heterocycles. The average Bonchev–Trinajstić information content (AvgIpc) is 3.66. The van der Waals surface area contributed by atoms with Crippen molar-refractivity contribution < 1.29 is 48.6 Å². The maximum Gasteiger partial charge on any atom is 0.245 e. The number of hydrogen-bond acceptors (Lipinski definition) is 12. The fourth-order valence-corrected chi connectivity index (χ4v) is 5.34. The second-order valence-electron chi connectivity index (χ2n) is 13.9. The van der Waals surface area contributed by atoms with Gasteiger partial charge in [-0.25, -0.2) is 4.98 Å². The van der Waals surface area contributed by atoms with Gasteiger partial charge in [-0.05, 0) is 23.8 Å². The third kappa shape index (κ3) is 15.6. The molecule has 0 spiro atoms. The Morgan fingerprint density at radius 3 is 1.80 bits per heavy atom. The molecule has 56 heavy (non-hydrogen) atoms. The van der Waals surface area contributed by atoms with Crippen molar-refractivity contribution in [2.24, 2.45) is 23.3 Å². The van der Waals surface area contributed by atoms with Crippen LogP contribution in [0.5, 0.6) is 0 Å². The van der Waals surface area contributed by atoms with Crippen LogP contribution in [-0.2, 0) is 51.2 Å². The number of hydrogen-bond donors (Lipinski definition) is 11. The predicted molar refractivity (Wildman–Crippen MR) is 200 cm³/mol. The van der Waals surface area contributed by atoms with Crippen LogP contribution < -0.4 is 43.4 Å². The number of aliphatic hydroxyl groups excluding tert-OH is 2. The van der Waals surface area contributed by atoms with Gasteiger partial charge in [0.25, 0.3) is 0 Å². The summed E-state index contributed by atoms with van der Waals surface area (Å²) in [5.41, 5.74) is 12.0. The summed E-state index contributed by atoms with van der Waals surface area (Å²) in [6.45, 7) is 5.22. The van der Waals surface area contributed by atoms with Crippen LogP contribution in [-0.4, -0.2) is 123 Å². The van der Waals surface area contributed by atoms with E-state index in [1.807, 2.05) is 13.8 Å². The lowest BCUT2D eigenvalue weighted by molar-refractivity contribution is -0.136. The highest BCUT2D eigenvalue weighted by atomic mass is 16.3. The number of rotatable bonds is 24. The zero-order valence-electron chi connectivity index (χ0n) is 31.7. The van der Waals surface area contributed by atoms with Gasteiger partial charge in [-0.2, -0.15) is 0 Å². The quantitative estimate of drug-likeness (QED) is 0.0487. The molecule has 0 fully saturated rings. The van der Waals surface area contributed by atoms with Gasteiger partial charge in [-0.1, -0.05) is 58.0 Å². The zero-order chi connectivity index (χ0) is 41.9. The topological polar surface area (TPSA) is 330 Å². The Morgan fingerprint density at radius 1 is 0.732 bits per heavy atom. The Balaban J connectivity index is 2.31. The molecule has 0 saturated carbocycles. The molecule has 7 amide bonds. The number of imidazole rings is 1. The van der Waals surface area contributed by atoms with Crippen molar-refractivity contribution in [3.05, 3.63) is 54.1 Å². The fraction of sp³-hybridized carbons (Fsp3) is 0.528. The second-order valence-corrected chi connectivity index (χ2v) is 13.9. The molecule has 20 nitrogen and oxygen atoms in total. The van der Waals surface area contributed by atoms with Crippen LogP contribution >= 0.6 is 0 Å². The number of aromatic amines is 1. The second kappa shape index (κ2) is 23.2. The maximum absolute atomic E-state index is 13.9. The maximum atomic E-state index is 13.9. The van der Waals surface area contributed by atoms with Crippen LogP contribution in [0.2, 0.25) is 0 Å². The average molecular weight is 786 g/mol. The molecule has 307 valence electrons. The molecule has 1 aromatic carbocycles. The van der Waals surface area contributed by atoms with E-state index in [0.717, 1.165) is 0 Å². The number of aliphatic hydroxyl groups is 2. The first-order chi connectivity index (χ1) is 26.5. The Labute approximate surface area is 324 Å². The van der Waals surface area contributed by atoms with Crippen molar-refractivity contribution in [1.29, 1.82) is 0 Å². The smallest absolute Gasteiger partial charge is 0.245 e. The molecular formula is C36H53N10O10. The molecule has 1 radical (unpaired) electrons. The van der Waals surface area contributed by atoms with E-state index in [0.29, 0.717) is 11.3 Å². The molecule has 0 aliphatic carbocycles. The van der Waals surface area contributed by atoms with Crippen molar-refractivity contribution in [3.8, 4) is 0 Å². The SMILES string of the molecule is CC(C)C[C@H](NC(=O)[C@H](Cc1ccccc1)NC(=O)[C@@H](N)CC(N)=O)C(=O)N[C@H](C(=O)N[C@@H](Cc1c[nH]cn1)C(=O)N[C@@H](CO)C(=O)N[C@H]([C]=O)CO)C(C)C. The molecule has 0 aliphatic rings. The number of amides is 7. The van der Waals surface area contributed by atoms with E-state index in [9.17, 15) is 48.6 Å². The number of H-pyrrole nitrogens is 1. The number of carbonyl (C=O) groups excluding carboxylic acids is 8. The van der Waals surface area contributed by atoms with E-state index < -0.39 is 109 Å². The van der Waals surface area contributed by atoms with Gasteiger partial charge in [0.15, 0.2) is 0 Å². The Morgan fingerprint density at radius 2 is 1.29 bits per heavy atom.